The minimum absolute atomic E-state index is 0.106. The van der Waals surface area contributed by atoms with E-state index in [0.717, 1.165) is 5.56 Å². The zero-order chi connectivity index (χ0) is 14.4. The second-order valence-corrected chi connectivity index (χ2v) is 3.99. The number of carbonyl (C=O) groups excluding carboxylic acids is 1. The third-order valence-corrected chi connectivity index (χ3v) is 2.62. The van der Waals surface area contributed by atoms with Crippen LogP contribution >= 0.6 is 0 Å². The molecular formula is C13H15N5O2. The molecule has 0 spiro atoms. The van der Waals surface area contributed by atoms with E-state index in [0.29, 0.717) is 11.6 Å². The summed E-state index contributed by atoms with van der Waals surface area (Å²) >= 11 is 0. The summed E-state index contributed by atoms with van der Waals surface area (Å²) in [6, 6.07) is 4.90. The number of aliphatic hydroxyl groups is 1. The fraction of sp³-hybridized carbons (Fsp3) is 0.231. The number of urea groups is 1. The first-order valence-electron chi connectivity index (χ1n) is 6.08. The van der Waals surface area contributed by atoms with Crippen molar-refractivity contribution in [1.82, 2.24) is 20.3 Å². The maximum Gasteiger partial charge on any atom is 0.322 e. The Kier molecular flexibility index (Phi) is 4.56. The zero-order valence-corrected chi connectivity index (χ0v) is 11.0. The standard InChI is InChI=1S/C13H15N5O2/c1-18(13(20)16-8-9-19)11-4-7-15-12(17-11)10-2-5-14-6-3-10/h2-7,19H,8-9H2,1H3,(H,16,20). The van der Waals surface area contributed by atoms with Gasteiger partial charge in [0.25, 0.3) is 0 Å². The molecule has 0 radical (unpaired) electrons. The second-order valence-electron chi connectivity index (χ2n) is 3.99. The summed E-state index contributed by atoms with van der Waals surface area (Å²) in [5, 5.41) is 11.3. The molecule has 2 aromatic rings. The molecule has 2 heterocycles. The van der Waals surface area contributed by atoms with Gasteiger partial charge in [0.1, 0.15) is 5.82 Å². The molecule has 0 aliphatic rings. The summed E-state index contributed by atoms with van der Waals surface area (Å²) in [4.78, 5) is 25.6. The van der Waals surface area contributed by atoms with E-state index in [1.807, 2.05) is 0 Å². The quantitative estimate of drug-likeness (QED) is 0.854. The zero-order valence-electron chi connectivity index (χ0n) is 11.0. The molecule has 20 heavy (non-hydrogen) atoms. The van der Waals surface area contributed by atoms with Gasteiger partial charge in [-0.3, -0.25) is 9.88 Å². The summed E-state index contributed by atoms with van der Waals surface area (Å²) in [5.41, 5.74) is 0.825. The van der Waals surface area contributed by atoms with Crippen molar-refractivity contribution in [3.8, 4) is 11.4 Å². The summed E-state index contributed by atoms with van der Waals surface area (Å²) in [5.74, 6) is 0.994. The van der Waals surface area contributed by atoms with Crippen LogP contribution in [-0.2, 0) is 0 Å². The monoisotopic (exact) mass is 273 g/mol. The first-order valence-corrected chi connectivity index (χ1v) is 6.08. The van der Waals surface area contributed by atoms with Crippen molar-refractivity contribution in [1.29, 1.82) is 0 Å². The van der Waals surface area contributed by atoms with E-state index in [1.54, 1.807) is 43.8 Å². The lowest BCUT2D eigenvalue weighted by Crippen LogP contribution is -2.39. The van der Waals surface area contributed by atoms with Crippen LogP contribution < -0.4 is 10.2 Å². The number of hydrogen-bond acceptors (Lipinski definition) is 5. The molecule has 104 valence electrons. The van der Waals surface area contributed by atoms with E-state index in [4.69, 9.17) is 5.11 Å². The Morgan fingerprint density at radius 3 is 2.75 bits per heavy atom. The van der Waals surface area contributed by atoms with Gasteiger partial charge in [0.15, 0.2) is 5.82 Å². The maximum absolute atomic E-state index is 11.8. The first kappa shape index (κ1) is 13.9. The fourth-order valence-electron chi connectivity index (χ4n) is 1.56. The van der Waals surface area contributed by atoms with Crippen molar-refractivity contribution in [2.75, 3.05) is 25.1 Å². The highest BCUT2D eigenvalue weighted by Crippen LogP contribution is 2.16. The van der Waals surface area contributed by atoms with Gasteiger partial charge in [0, 0.05) is 37.7 Å². The molecule has 0 bridgehead atoms. The number of nitrogens with zero attached hydrogens (tertiary/aromatic N) is 4. The molecule has 2 aromatic heterocycles. The minimum atomic E-state index is -0.335. The maximum atomic E-state index is 11.8. The van der Waals surface area contributed by atoms with Crippen LogP contribution in [-0.4, -0.2) is 46.3 Å². The van der Waals surface area contributed by atoms with Crippen LogP contribution in [0.5, 0.6) is 0 Å². The van der Waals surface area contributed by atoms with E-state index in [2.05, 4.69) is 20.3 Å². The molecule has 7 heteroatoms. The number of aliphatic hydroxyl groups excluding tert-OH is 1. The topological polar surface area (TPSA) is 91.2 Å². The highest BCUT2D eigenvalue weighted by atomic mass is 16.3. The van der Waals surface area contributed by atoms with E-state index in [9.17, 15) is 4.79 Å². The van der Waals surface area contributed by atoms with Gasteiger partial charge in [-0.15, -0.1) is 0 Å². The summed E-state index contributed by atoms with van der Waals surface area (Å²) in [6.45, 7) is 0.0943. The molecular weight excluding hydrogens is 258 g/mol. The van der Waals surface area contributed by atoms with E-state index in [1.165, 1.54) is 4.90 Å². The molecule has 0 unspecified atom stereocenters. The molecule has 0 aromatic carbocycles. The fourth-order valence-corrected chi connectivity index (χ4v) is 1.56. The number of amides is 2. The van der Waals surface area contributed by atoms with Crippen molar-refractivity contribution in [3.63, 3.8) is 0 Å². The molecule has 0 atom stereocenters. The number of anilines is 1. The number of aromatic nitrogens is 3. The van der Waals surface area contributed by atoms with Gasteiger partial charge >= 0.3 is 6.03 Å². The van der Waals surface area contributed by atoms with Crippen LogP contribution in [0.2, 0.25) is 0 Å². The Morgan fingerprint density at radius 2 is 2.05 bits per heavy atom. The molecule has 2 amide bonds. The molecule has 2 N–H and O–H groups in total. The average molecular weight is 273 g/mol. The summed E-state index contributed by atoms with van der Waals surface area (Å²) < 4.78 is 0. The van der Waals surface area contributed by atoms with Gasteiger partial charge in [0.05, 0.1) is 6.61 Å². The van der Waals surface area contributed by atoms with Crippen molar-refractivity contribution in [2.24, 2.45) is 0 Å². The van der Waals surface area contributed by atoms with Gasteiger partial charge in [0.2, 0.25) is 0 Å². The van der Waals surface area contributed by atoms with Gasteiger partial charge in [-0.1, -0.05) is 0 Å². The Morgan fingerprint density at radius 1 is 1.30 bits per heavy atom. The minimum Gasteiger partial charge on any atom is -0.395 e. The number of rotatable bonds is 4. The summed E-state index contributed by atoms with van der Waals surface area (Å²) in [7, 11) is 1.60. The van der Waals surface area contributed by atoms with Crippen LogP contribution in [0.25, 0.3) is 11.4 Å². The summed E-state index contributed by atoms with van der Waals surface area (Å²) in [6.07, 6.45) is 4.90. The van der Waals surface area contributed by atoms with Crippen LogP contribution in [0, 0.1) is 0 Å². The van der Waals surface area contributed by atoms with Gasteiger partial charge in [-0.2, -0.15) is 0 Å². The van der Waals surface area contributed by atoms with E-state index in [-0.39, 0.29) is 19.2 Å². The molecule has 0 saturated heterocycles. The number of hydrogen-bond donors (Lipinski definition) is 2. The Hall–Kier alpha value is -2.54. The third kappa shape index (κ3) is 3.27. The van der Waals surface area contributed by atoms with Crippen molar-refractivity contribution < 1.29 is 9.90 Å². The molecule has 0 aliphatic carbocycles. The van der Waals surface area contributed by atoms with Crippen LogP contribution in [0.3, 0.4) is 0 Å². The van der Waals surface area contributed by atoms with Gasteiger partial charge < -0.3 is 10.4 Å². The smallest absolute Gasteiger partial charge is 0.322 e. The Balaban J connectivity index is 2.19. The lowest BCUT2D eigenvalue weighted by molar-refractivity contribution is 0.240. The number of pyridine rings is 1. The molecule has 2 rings (SSSR count). The van der Waals surface area contributed by atoms with Crippen LogP contribution in [0.1, 0.15) is 0 Å². The predicted molar refractivity (Wildman–Crippen MR) is 74.2 cm³/mol. The van der Waals surface area contributed by atoms with Gasteiger partial charge in [-0.25, -0.2) is 14.8 Å². The molecule has 0 fully saturated rings. The number of nitrogens with one attached hydrogen (secondary N) is 1. The van der Waals surface area contributed by atoms with Crippen molar-refractivity contribution in [3.05, 3.63) is 36.8 Å². The molecule has 0 saturated carbocycles. The Bertz CT molecular complexity index is 576. The van der Waals surface area contributed by atoms with Crippen LogP contribution in [0.15, 0.2) is 36.8 Å². The lowest BCUT2D eigenvalue weighted by Gasteiger charge is -2.17. The first-order chi connectivity index (χ1) is 9.72. The van der Waals surface area contributed by atoms with Gasteiger partial charge in [-0.05, 0) is 18.2 Å². The highest BCUT2D eigenvalue weighted by molar-refractivity contribution is 5.90. The third-order valence-electron chi connectivity index (χ3n) is 2.62. The normalized spacial score (nSPS) is 10.1. The second kappa shape index (κ2) is 6.58. The van der Waals surface area contributed by atoms with Crippen molar-refractivity contribution in [2.45, 2.75) is 0 Å². The van der Waals surface area contributed by atoms with E-state index >= 15 is 0 Å². The van der Waals surface area contributed by atoms with E-state index < -0.39 is 0 Å². The number of carbonyl (C=O) groups is 1. The lowest BCUT2D eigenvalue weighted by atomic mass is 10.2. The SMILES string of the molecule is CN(C(=O)NCCO)c1ccnc(-c2ccncc2)n1. The largest absolute Gasteiger partial charge is 0.395 e. The molecule has 0 aliphatic heterocycles. The van der Waals surface area contributed by atoms with Crippen molar-refractivity contribution >= 4 is 11.8 Å². The van der Waals surface area contributed by atoms with Crippen LogP contribution in [0.4, 0.5) is 10.6 Å². The highest BCUT2D eigenvalue weighted by Gasteiger charge is 2.12. The molecule has 7 nitrogen and oxygen atoms in total. The Labute approximate surface area is 116 Å². The average Bonchev–Trinajstić information content (AvgIpc) is 2.53. The predicted octanol–water partition coefficient (Wildman–Crippen LogP) is 0.677.